The predicted octanol–water partition coefficient (Wildman–Crippen LogP) is 1.58. The van der Waals surface area contributed by atoms with Crippen LogP contribution in [0.1, 0.15) is 47.5 Å². The number of amides is 1. The summed E-state index contributed by atoms with van der Waals surface area (Å²) in [6, 6.07) is 0. The fraction of sp³-hybridized carbons (Fsp3) is 0.857. The minimum Gasteiger partial charge on any atom is -0.481 e. The zero-order valence-electron chi connectivity index (χ0n) is 14.2. The van der Waals surface area contributed by atoms with Crippen LogP contribution in [0.15, 0.2) is 0 Å². The lowest BCUT2D eigenvalue weighted by atomic mass is 10.1. The number of carboxylic acid groups (broad SMARTS) is 1. The van der Waals surface area contributed by atoms with Crippen molar-refractivity contribution >= 4 is 20.7 Å². The SMILES string of the molecule is CCO[Si](OCC)(OCC)C(CC)NC(=O)C(CC)C(=O)O. The maximum absolute atomic E-state index is 12.2. The third-order valence-corrected chi connectivity index (χ3v) is 6.69. The van der Waals surface area contributed by atoms with E-state index in [-0.39, 0.29) is 6.42 Å². The summed E-state index contributed by atoms with van der Waals surface area (Å²) in [5, 5.41) is 11.9. The molecule has 0 bridgehead atoms. The van der Waals surface area contributed by atoms with Crippen LogP contribution in [0.5, 0.6) is 0 Å². The van der Waals surface area contributed by atoms with Gasteiger partial charge in [0.15, 0.2) is 0 Å². The molecule has 2 unspecified atom stereocenters. The van der Waals surface area contributed by atoms with Crippen molar-refractivity contribution in [3.8, 4) is 0 Å². The summed E-state index contributed by atoms with van der Waals surface area (Å²) in [6.45, 7) is 10.2. The molecule has 0 heterocycles. The van der Waals surface area contributed by atoms with Crippen LogP contribution in [-0.4, -0.2) is 51.3 Å². The van der Waals surface area contributed by atoms with Crippen molar-refractivity contribution in [3.63, 3.8) is 0 Å². The van der Waals surface area contributed by atoms with Gasteiger partial charge in [0.1, 0.15) is 5.92 Å². The molecule has 0 aromatic heterocycles. The molecule has 0 spiro atoms. The number of carboxylic acids is 1. The topological polar surface area (TPSA) is 94.1 Å². The molecule has 130 valence electrons. The summed E-state index contributed by atoms with van der Waals surface area (Å²) in [7, 11) is -3.11. The van der Waals surface area contributed by atoms with Crippen molar-refractivity contribution in [1.82, 2.24) is 5.32 Å². The Morgan fingerprint density at radius 3 is 1.68 bits per heavy atom. The quantitative estimate of drug-likeness (QED) is 0.415. The van der Waals surface area contributed by atoms with Crippen LogP contribution in [0.2, 0.25) is 0 Å². The molecule has 7 nitrogen and oxygen atoms in total. The van der Waals surface area contributed by atoms with Gasteiger partial charge in [-0.1, -0.05) is 13.8 Å². The number of rotatable bonds is 12. The first-order chi connectivity index (χ1) is 10.4. The summed E-state index contributed by atoms with van der Waals surface area (Å²) in [5.41, 5.74) is -0.465. The summed E-state index contributed by atoms with van der Waals surface area (Å²) >= 11 is 0. The molecule has 1 amide bonds. The Morgan fingerprint density at radius 1 is 0.955 bits per heavy atom. The van der Waals surface area contributed by atoms with Crippen LogP contribution in [0.25, 0.3) is 0 Å². The van der Waals surface area contributed by atoms with Crippen LogP contribution in [0.4, 0.5) is 0 Å². The fourth-order valence-electron chi connectivity index (χ4n) is 2.22. The molecule has 8 heteroatoms. The number of aliphatic carboxylic acids is 1. The molecule has 0 aliphatic heterocycles. The second-order valence-electron chi connectivity index (χ2n) is 4.67. The van der Waals surface area contributed by atoms with Crippen molar-refractivity contribution in [2.24, 2.45) is 5.92 Å². The highest BCUT2D eigenvalue weighted by Crippen LogP contribution is 2.19. The normalized spacial score (nSPS) is 14.4. The monoisotopic (exact) mass is 335 g/mol. The van der Waals surface area contributed by atoms with E-state index in [1.165, 1.54) is 0 Å². The highest BCUT2D eigenvalue weighted by Gasteiger charge is 2.50. The third-order valence-electron chi connectivity index (χ3n) is 3.21. The summed E-state index contributed by atoms with van der Waals surface area (Å²) < 4.78 is 17.3. The highest BCUT2D eigenvalue weighted by atomic mass is 28.4. The van der Waals surface area contributed by atoms with Crippen LogP contribution < -0.4 is 5.32 Å². The average molecular weight is 335 g/mol. The zero-order valence-corrected chi connectivity index (χ0v) is 15.2. The van der Waals surface area contributed by atoms with E-state index in [2.05, 4.69) is 5.32 Å². The van der Waals surface area contributed by atoms with Crippen molar-refractivity contribution in [3.05, 3.63) is 0 Å². The second-order valence-corrected chi connectivity index (χ2v) is 7.44. The molecule has 2 N–H and O–H groups in total. The molecule has 0 rings (SSSR count). The smallest absolute Gasteiger partial charge is 0.481 e. The largest absolute Gasteiger partial charge is 0.524 e. The van der Waals surface area contributed by atoms with Gasteiger partial charge in [-0.3, -0.25) is 9.59 Å². The first-order valence-corrected chi connectivity index (χ1v) is 9.67. The lowest BCUT2D eigenvalue weighted by molar-refractivity contribution is -0.147. The molecule has 0 aromatic carbocycles. The average Bonchev–Trinajstić information content (AvgIpc) is 2.45. The van der Waals surface area contributed by atoms with Gasteiger partial charge in [0.2, 0.25) is 5.91 Å². The Kier molecular flexibility index (Phi) is 10.2. The van der Waals surface area contributed by atoms with E-state index in [0.29, 0.717) is 26.2 Å². The van der Waals surface area contributed by atoms with Gasteiger partial charge in [-0.2, -0.15) is 0 Å². The number of hydrogen-bond donors (Lipinski definition) is 2. The number of nitrogens with one attached hydrogen (secondary N) is 1. The summed E-state index contributed by atoms with van der Waals surface area (Å²) in [6.07, 6.45) is 0.762. The molecule has 0 radical (unpaired) electrons. The van der Waals surface area contributed by atoms with Gasteiger partial charge in [0.25, 0.3) is 0 Å². The molecule has 0 aromatic rings. The van der Waals surface area contributed by atoms with Crippen molar-refractivity contribution < 1.29 is 28.0 Å². The Bertz CT molecular complexity index is 335. The first-order valence-electron chi connectivity index (χ1n) is 7.87. The molecule has 0 saturated heterocycles. The number of hydrogen-bond acceptors (Lipinski definition) is 5. The Labute approximate surface area is 133 Å². The molecule has 22 heavy (non-hydrogen) atoms. The van der Waals surface area contributed by atoms with E-state index in [4.69, 9.17) is 18.4 Å². The molecular weight excluding hydrogens is 306 g/mol. The molecular formula is C14H29NO6Si. The second kappa shape index (κ2) is 10.7. The van der Waals surface area contributed by atoms with Gasteiger partial charge in [-0.15, -0.1) is 0 Å². The lowest BCUT2D eigenvalue weighted by Gasteiger charge is -2.35. The van der Waals surface area contributed by atoms with Crippen LogP contribution in [0.3, 0.4) is 0 Å². The van der Waals surface area contributed by atoms with Gasteiger partial charge in [-0.25, -0.2) is 0 Å². The van der Waals surface area contributed by atoms with E-state index in [1.54, 1.807) is 6.92 Å². The van der Waals surface area contributed by atoms with Crippen molar-refractivity contribution in [1.29, 1.82) is 0 Å². The zero-order chi connectivity index (χ0) is 17.2. The molecule has 0 fully saturated rings. The van der Waals surface area contributed by atoms with Gasteiger partial charge >= 0.3 is 14.8 Å². The third kappa shape index (κ3) is 5.67. The molecule has 2 atom stereocenters. The van der Waals surface area contributed by atoms with E-state index in [9.17, 15) is 9.59 Å². The highest BCUT2D eigenvalue weighted by molar-refractivity contribution is 6.62. The van der Waals surface area contributed by atoms with Crippen LogP contribution in [-0.2, 0) is 22.9 Å². The number of carbonyl (C=O) groups is 2. The van der Waals surface area contributed by atoms with Crippen LogP contribution in [0, 0.1) is 5.92 Å². The summed E-state index contributed by atoms with van der Waals surface area (Å²) in [5.74, 6) is -2.74. The Morgan fingerprint density at radius 2 is 1.41 bits per heavy atom. The van der Waals surface area contributed by atoms with Gasteiger partial charge in [-0.05, 0) is 33.6 Å². The minimum absolute atomic E-state index is 0.226. The molecule has 0 aliphatic rings. The van der Waals surface area contributed by atoms with E-state index < -0.39 is 32.3 Å². The maximum Gasteiger partial charge on any atom is 0.524 e. The lowest BCUT2D eigenvalue weighted by Crippen LogP contribution is -2.63. The van der Waals surface area contributed by atoms with Gasteiger partial charge in [0, 0.05) is 19.8 Å². The predicted molar refractivity (Wildman–Crippen MR) is 84.3 cm³/mol. The number of carbonyl (C=O) groups excluding carboxylic acids is 1. The Balaban J connectivity index is 5.28. The molecule has 0 aliphatic carbocycles. The minimum atomic E-state index is -3.11. The van der Waals surface area contributed by atoms with Crippen LogP contribution >= 0.6 is 0 Å². The van der Waals surface area contributed by atoms with E-state index in [0.717, 1.165) is 0 Å². The first kappa shape index (κ1) is 21.0. The van der Waals surface area contributed by atoms with Crippen molar-refractivity contribution in [2.45, 2.75) is 53.1 Å². The fourth-order valence-corrected chi connectivity index (χ4v) is 5.09. The van der Waals surface area contributed by atoms with Gasteiger partial charge < -0.3 is 23.7 Å². The standard InChI is InChI=1S/C14H29NO6Si/c1-6-11(14(17)18)13(16)15-12(7-2)22(19-8-3,20-9-4)21-10-5/h11-12H,6-10H2,1-5H3,(H,15,16)(H,17,18). The molecule has 0 saturated carbocycles. The summed E-state index contributed by atoms with van der Waals surface area (Å²) in [4.78, 5) is 23.3. The van der Waals surface area contributed by atoms with E-state index >= 15 is 0 Å². The van der Waals surface area contributed by atoms with Gasteiger partial charge in [0.05, 0.1) is 5.67 Å². The van der Waals surface area contributed by atoms with Crippen molar-refractivity contribution in [2.75, 3.05) is 19.8 Å². The Hall–Kier alpha value is -0.963. The maximum atomic E-state index is 12.2. The van der Waals surface area contributed by atoms with E-state index in [1.807, 2.05) is 27.7 Å².